The molecule has 3 heteroatoms. The van der Waals surface area contributed by atoms with Gasteiger partial charge in [-0.05, 0) is 39.7 Å². The van der Waals surface area contributed by atoms with E-state index in [9.17, 15) is 5.11 Å². The molecule has 0 saturated carbocycles. The van der Waals surface area contributed by atoms with E-state index in [1.807, 2.05) is 48.5 Å². The number of phenolic OH excluding ortho intramolecular Hbond substituents is 1. The van der Waals surface area contributed by atoms with E-state index < -0.39 is 0 Å². The van der Waals surface area contributed by atoms with Crippen LogP contribution in [0, 0.1) is 0 Å². The molecule has 0 aliphatic carbocycles. The highest BCUT2D eigenvalue weighted by atomic mass is 16.5. The van der Waals surface area contributed by atoms with Crippen molar-refractivity contribution in [1.29, 1.82) is 0 Å². The number of rotatable bonds is 4. The Morgan fingerprint density at radius 1 is 0.581 bits per heavy atom. The normalized spacial score (nSPS) is 11.0. The first-order valence-corrected chi connectivity index (χ1v) is 10.2. The van der Waals surface area contributed by atoms with Crippen LogP contribution in [0.25, 0.3) is 43.8 Å². The van der Waals surface area contributed by atoms with Crippen molar-refractivity contribution in [1.82, 2.24) is 0 Å². The molecular weight excluding hydrogens is 384 g/mol. The third kappa shape index (κ3) is 3.06. The molecule has 0 atom stereocenters. The van der Waals surface area contributed by atoms with Gasteiger partial charge in [0.25, 0.3) is 0 Å². The van der Waals surface area contributed by atoms with E-state index in [4.69, 9.17) is 9.47 Å². The van der Waals surface area contributed by atoms with E-state index in [0.29, 0.717) is 5.75 Å². The van der Waals surface area contributed by atoms with Gasteiger partial charge in [0.2, 0.25) is 0 Å². The zero-order chi connectivity index (χ0) is 21.4. The van der Waals surface area contributed by atoms with Crippen LogP contribution in [0.4, 0.5) is 0 Å². The van der Waals surface area contributed by atoms with E-state index in [2.05, 4.69) is 36.4 Å². The summed E-state index contributed by atoms with van der Waals surface area (Å²) in [4.78, 5) is 0. The molecule has 0 aromatic heterocycles. The molecule has 0 fully saturated rings. The van der Waals surface area contributed by atoms with Crippen LogP contribution in [-0.2, 0) is 0 Å². The number of hydrogen-bond donors (Lipinski definition) is 1. The summed E-state index contributed by atoms with van der Waals surface area (Å²) in [6.07, 6.45) is 0. The van der Waals surface area contributed by atoms with Crippen LogP contribution in [0.3, 0.4) is 0 Å². The number of phenols is 1. The Labute approximate surface area is 181 Å². The van der Waals surface area contributed by atoms with Crippen LogP contribution in [0.5, 0.6) is 17.2 Å². The highest BCUT2D eigenvalue weighted by Gasteiger charge is 2.22. The van der Waals surface area contributed by atoms with Crippen LogP contribution in [0.2, 0.25) is 0 Å². The number of ether oxygens (including phenoxy) is 2. The van der Waals surface area contributed by atoms with E-state index >= 15 is 0 Å². The molecule has 0 spiro atoms. The van der Waals surface area contributed by atoms with E-state index in [0.717, 1.165) is 49.5 Å². The van der Waals surface area contributed by atoms with Crippen molar-refractivity contribution in [3.63, 3.8) is 0 Å². The lowest BCUT2D eigenvalue weighted by molar-refractivity contribution is 0.411. The predicted molar refractivity (Wildman–Crippen MR) is 127 cm³/mol. The third-order valence-electron chi connectivity index (χ3n) is 5.76. The lowest BCUT2D eigenvalue weighted by atomic mass is 9.88. The fourth-order valence-corrected chi connectivity index (χ4v) is 4.37. The molecule has 152 valence electrons. The number of para-hydroxylation sites is 1. The van der Waals surface area contributed by atoms with Crippen molar-refractivity contribution in [2.45, 2.75) is 0 Å². The standard InChI is InChI=1S/C28H22O3/c1-30-25-16-15-18-9-3-5-11-20(18)26(25)27-21-12-6-4-10-19(21)17-23(28(27)31-2)22-13-7-8-14-24(22)29/h3-17,29H,1-2H3. The Morgan fingerprint density at radius 2 is 1.23 bits per heavy atom. The fraction of sp³-hybridized carbons (Fsp3) is 0.0714. The minimum Gasteiger partial charge on any atom is -0.507 e. The maximum Gasteiger partial charge on any atom is 0.135 e. The van der Waals surface area contributed by atoms with Gasteiger partial charge in [0.15, 0.2) is 0 Å². The molecule has 0 amide bonds. The van der Waals surface area contributed by atoms with Crippen LogP contribution in [0.15, 0.2) is 91.0 Å². The summed E-state index contributed by atoms with van der Waals surface area (Å²) in [7, 11) is 3.36. The summed E-state index contributed by atoms with van der Waals surface area (Å²) in [5, 5.41) is 14.9. The van der Waals surface area contributed by atoms with Crippen LogP contribution in [0.1, 0.15) is 0 Å². The molecule has 0 aliphatic rings. The number of fused-ring (bicyclic) bond motifs is 2. The summed E-state index contributed by atoms with van der Waals surface area (Å²) in [5.41, 5.74) is 3.49. The molecule has 0 saturated heterocycles. The van der Waals surface area contributed by atoms with E-state index in [-0.39, 0.29) is 5.75 Å². The van der Waals surface area contributed by atoms with Gasteiger partial charge in [-0.1, -0.05) is 72.8 Å². The largest absolute Gasteiger partial charge is 0.507 e. The fourth-order valence-electron chi connectivity index (χ4n) is 4.37. The van der Waals surface area contributed by atoms with Gasteiger partial charge in [-0.2, -0.15) is 0 Å². The smallest absolute Gasteiger partial charge is 0.135 e. The zero-order valence-corrected chi connectivity index (χ0v) is 17.4. The molecule has 3 nitrogen and oxygen atoms in total. The monoisotopic (exact) mass is 406 g/mol. The van der Waals surface area contributed by atoms with Gasteiger partial charge in [-0.25, -0.2) is 0 Å². The van der Waals surface area contributed by atoms with Gasteiger partial charge in [0, 0.05) is 22.3 Å². The van der Waals surface area contributed by atoms with Crippen molar-refractivity contribution in [2.24, 2.45) is 0 Å². The Balaban J connectivity index is 2.00. The topological polar surface area (TPSA) is 38.7 Å². The van der Waals surface area contributed by atoms with Gasteiger partial charge in [0.1, 0.15) is 17.2 Å². The van der Waals surface area contributed by atoms with Gasteiger partial charge < -0.3 is 14.6 Å². The molecule has 31 heavy (non-hydrogen) atoms. The number of hydrogen-bond acceptors (Lipinski definition) is 3. The Hall–Kier alpha value is -3.98. The molecule has 0 aliphatic heterocycles. The van der Waals surface area contributed by atoms with E-state index in [1.165, 1.54) is 0 Å². The zero-order valence-electron chi connectivity index (χ0n) is 17.4. The highest BCUT2D eigenvalue weighted by molar-refractivity contribution is 6.12. The average Bonchev–Trinajstić information content (AvgIpc) is 2.82. The van der Waals surface area contributed by atoms with Crippen molar-refractivity contribution < 1.29 is 14.6 Å². The van der Waals surface area contributed by atoms with Crippen molar-refractivity contribution in [3.8, 4) is 39.5 Å². The summed E-state index contributed by atoms with van der Waals surface area (Å²) in [6.45, 7) is 0. The Morgan fingerprint density at radius 3 is 1.94 bits per heavy atom. The molecule has 0 heterocycles. The van der Waals surface area contributed by atoms with Crippen molar-refractivity contribution in [2.75, 3.05) is 14.2 Å². The Bertz CT molecular complexity index is 1420. The maximum atomic E-state index is 10.6. The second-order valence-corrected chi connectivity index (χ2v) is 7.43. The average molecular weight is 406 g/mol. The molecule has 0 bridgehead atoms. The molecular formula is C28H22O3. The maximum absolute atomic E-state index is 10.6. The summed E-state index contributed by atoms with van der Waals surface area (Å²) >= 11 is 0. The van der Waals surface area contributed by atoms with Gasteiger partial charge in [0.05, 0.1) is 14.2 Å². The third-order valence-corrected chi connectivity index (χ3v) is 5.76. The molecule has 5 aromatic rings. The van der Waals surface area contributed by atoms with E-state index in [1.54, 1.807) is 20.3 Å². The quantitative estimate of drug-likeness (QED) is 0.347. The summed E-state index contributed by atoms with van der Waals surface area (Å²) in [5.74, 6) is 1.69. The SMILES string of the molecule is COc1ccc2ccccc2c1-c1c(OC)c(-c2ccccc2O)cc2ccccc12. The first-order chi connectivity index (χ1) is 15.2. The molecule has 0 unspecified atom stereocenters. The number of aromatic hydroxyl groups is 1. The highest BCUT2D eigenvalue weighted by Crippen LogP contribution is 2.50. The minimum absolute atomic E-state index is 0.215. The van der Waals surface area contributed by atoms with Crippen LogP contribution >= 0.6 is 0 Å². The Kier molecular flexibility index (Phi) is 4.72. The molecule has 1 N–H and O–H groups in total. The first-order valence-electron chi connectivity index (χ1n) is 10.2. The van der Waals surface area contributed by atoms with Gasteiger partial charge >= 0.3 is 0 Å². The molecule has 0 radical (unpaired) electrons. The number of benzene rings is 5. The lowest BCUT2D eigenvalue weighted by Gasteiger charge is -2.21. The molecule has 5 rings (SSSR count). The number of methoxy groups -OCH3 is 2. The molecule has 5 aromatic carbocycles. The predicted octanol–water partition coefficient (Wildman–Crippen LogP) is 7.05. The van der Waals surface area contributed by atoms with Crippen LogP contribution in [-0.4, -0.2) is 19.3 Å². The van der Waals surface area contributed by atoms with Gasteiger partial charge in [-0.15, -0.1) is 0 Å². The summed E-state index contributed by atoms with van der Waals surface area (Å²) < 4.78 is 11.9. The minimum atomic E-state index is 0.215. The first kappa shape index (κ1) is 19.0. The van der Waals surface area contributed by atoms with Crippen molar-refractivity contribution >= 4 is 21.5 Å². The lowest BCUT2D eigenvalue weighted by Crippen LogP contribution is -1.97. The summed E-state index contributed by atoms with van der Waals surface area (Å²) in [6, 6.07) is 30.0. The second-order valence-electron chi connectivity index (χ2n) is 7.43. The van der Waals surface area contributed by atoms with Gasteiger partial charge in [-0.3, -0.25) is 0 Å². The van der Waals surface area contributed by atoms with Crippen LogP contribution < -0.4 is 9.47 Å². The second kappa shape index (κ2) is 7.69. The van der Waals surface area contributed by atoms with Crippen molar-refractivity contribution in [3.05, 3.63) is 91.0 Å².